The zero-order valence-electron chi connectivity index (χ0n) is 13.5. The van der Waals surface area contributed by atoms with Gasteiger partial charge in [-0.05, 0) is 48.3 Å². The Morgan fingerprint density at radius 1 is 1.00 bits per heavy atom. The van der Waals surface area contributed by atoms with Crippen LogP contribution in [0.15, 0.2) is 0 Å². The van der Waals surface area contributed by atoms with Crippen molar-refractivity contribution in [3.8, 4) is 0 Å². The van der Waals surface area contributed by atoms with Crippen LogP contribution in [0, 0.1) is 29.1 Å². The molecule has 2 saturated carbocycles. The molecular weight excluding hydrogens is 232 g/mol. The van der Waals surface area contributed by atoms with Crippen LogP contribution >= 0.6 is 0 Å². The van der Waals surface area contributed by atoms with Gasteiger partial charge in [0.05, 0.1) is 6.10 Å². The molecule has 0 aromatic heterocycles. The number of hydrogen-bond donors (Lipinski definition) is 1. The Morgan fingerprint density at radius 2 is 1.68 bits per heavy atom. The molecule has 2 aliphatic carbocycles. The summed E-state index contributed by atoms with van der Waals surface area (Å²) in [6.07, 6.45) is 10.5. The van der Waals surface area contributed by atoms with Gasteiger partial charge >= 0.3 is 0 Å². The van der Waals surface area contributed by atoms with Crippen LogP contribution in [0.25, 0.3) is 0 Å². The van der Waals surface area contributed by atoms with E-state index >= 15 is 0 Å². The van der Waals surface area contributed by atoms with Crippen molar-refractivity contribution in [2.24, 2.45) is 29.1 Å². The second-order valence-electron chi connectivity index (χ2n) is 7.97. The molecule has 0 saturated heterocycles. The van der Waals surface area contributed by atoms with Crippen LogP contribution in [0.1, 0.15) is 79.1 Å². The van der Waals surface area contributed by atoms with Gasteiger partial charge in [-0.25, -0.2) is 0 Å². The van der Waals surface area contributed by atoms with Crippen molar-refractivity contribution in [2.75, 3.05) is 0 Å². The molecule has 0 heterocycles. The minimum Gasteiger partial charge on any atom is -0.393 e. The lowest BCUT2D eigenvalue weighted by Crippen LogP contribution is -2.45. The molecule has 5 atom stereocenters. The van der Waals surface area contributed by atoms with Crippen molar-refractivity contribution in [3.05, 3.63) is 0 Å². The Balaban J connectivity index is 2.11. The molecule has 1 heteroatoms. The summed E-state index contributed by atoms with van der Waals surface area (Å²) in [7, 11) is 0. The predicted molar refractivity (Wildman–Crippen MR) is 82.0 cm³/mol. The van der Waals surface area contributed by atoms with E-state index in [1.54, 1.807) is 0 Å². The predicted octanol–water partition coefficient (Wildman–Crippen LogP) is 5.03. The third-order valence-electron chi connectivity index (χ3n) is 6.42. The van der Waals surface area contributed by atoms with Crippen LogP contribution in [0.3, 0.4) is 0 Å². The lowest BCUT2D eigenvalue weighted by Gasteiger charge is -2.50. The lowest BCUT2D eigenvalue weighted by atomic mass is 9.56. The fourth-order valence-electron chi connectivity index (χ4n) is 5.17. The first-order chi connectivity index (χ1) is 8.96. The molecule has 0 aromatic rings. The van der Waals surface area contributed by atoms with Crippen molar-refractivity contribution in [3.63, 3.8) is 0 Å². The van der Waals surface area contributed by atoms with Gasteiger partial charge < -0.3 is 5.11 Å². The number of hydrogen-bond acceptors (Lipinski definition) is 1. The van der Waals surface area contributed by atoms with Crippen molar-refractivity contribution in [1.82, 2.24) is 0 Å². The Morgan fingerprint density at radius 3 is 2.32 bits per heavy atom. The van der Waals surface area contributed by atoms with E-state index < -0.39 is 0 Å². The highest BCUT2D eigenvalue weighted by atomic mass is 16.3. The summed E-state index contributed by atoms with van der Waals surface area (Å²) in [5.41, 5.74) is 0.320. The summed E-state index contributed by atoms with van der Waals surface area (Å²) < 4.78 is 0. The molecule has 1 N–H and O–H groups in total. The summed E-state index contributed by atoms with van der Waals surface area (Å²) in [6, 6.07) is 0. The summed E-state index contributed by atoms with van der Waals surface area (Å²) in [5, 5.41) is 10.6. The Bertz CT molecular complexity index is 283. The van der Waals surface area contributed by atoms with Crippen LogP contribution in [-0.2, 0) is 0 Å². The minimum absolute atomic E-state index is 0.0572. The standard InChI is InChI=1S/C18H34O/c1-5-14-8-6-7-9-15(14)18(3,4)16-11-10-13(2)12-17(16)19/h13-17,19H,5-12H2,1-4H3. The second-order valence-corrected chi connectivity index (χ2v) is 7.97. The van der Waals surface area contributed by atoms with Gasteiger partial charge in [0.2, 0.25) is 0 Å². The number of aliphatic hydroxyl groups is 1. The van der Waals surface area contributed by atoms with E-state index in [9.17, 15) is 5.11 Å². The van der Waals surface area contributed by atoms with E-state index in [2.05, 4.69) is 27.7 Å². The fourth-order valence-corrected chi connectivity index (χ4v) is 5.17. The summed E-state index contributed by atoms with van der Waals surface area (Å²) >= 11 is 0. The molecule has 2 fully saturated rings. The molecule has 2 rings (SSSR count). The quantitative estimate of drug-likeness (QED) is 0.760. The van der Waals surface area contributed by atoms with Gasteiger partial charge in [0, 0.05) is 0 Å². The molecule has 0 bridgehead atoms. The molecule has 2 aliphatic rings. The average molecular weight is 266 g/mol. The van der Waals surface area contributed by atoms with Gasteiger partial charge in [0.15, 0.2) is 0 Å². The van der Waals surface area contributed by atoms with Crippen molar-refractivity contribution < 1.29 is 5.11 Å². The van der Waals surface area contributed by atoms with E-state index in [-0.39, 0.29) is 6.10 Å². The summed E-state index contributed by atoms with van der Waals surface area (Å²) in [4.78, 5) is 0. The Labute approximate surface area is 120 Å². The topological polar surface area (TPSA) is 20.2 Å². The van der Waals surface area contributed by atoms with Gasteiger partial charge in [-0.1, -0.05) is 59.8 Å². The van der Waals surface area contributed by atoms with E-state index in [4.69, 9.17) is 0 Å². The van der Waals surface area contributed by atoms with Gasteiger partial charge in [-0.2, -0.15) is 0 Å². The van der Waals surface area contributed by atoms with Crippen LogP contribution in [0.4, 0.5) is 0 Å². The number of rotatable bonds is 3. The van der Waals surface area contributed by atoms with Crippen LogP contribution < -0.4 is 0 Å². The van der Waals surface area contributed by atoms with Crippen molar-refractivity contribution in [2.45, 2.75) is 85.2 Å². The zero-order chi connectivity index (χ0) is 14.0. The van der Waals surface area contributed by atoms with Crippen molar-refractivity contribution >= 4 is 0 Å². The van der Waals surface area contributed by atoms with Crippen molar-refractivity contribution in [1.29, 1.82) is 0 Å². The van der Waals surface area contributed by atoms with Crippen LogP contribution in [0.5, 0.6) is 0 Å². The van der Waals surface area contributed by atoms with E-state index in [1.807, 2.05) is 0 Å². The van der Waals surface area contributed by atoms with E-state index in [0.29, 0.717) is 11.3 Å². The highest BCUT2D eigenvalue weighted by molar-refractivity contribution is 4.95. The van der Waals surface area contributed by atoms with Gasteiger partial charge in [0.25, 0.3) is 0 Å². The molecule has 0 radical (unpaired) electrons. The van der Waals surface area contributed by atoms with Crippen LogP contribution in [0.2, 0.25) is 0 Å². The first kappa shape index (κ1) is 15.4. The maximum Gasteiger partial charge on any atom is 0.0576 e. The minimum atomic E-state index is -0.0572. The molecule has 1 nitrogen and oxygen atoms in total. The third kappa shape index (κ3) is 3.17. The van der Waals surface area contributed by atoms with Crippen LogP contribution in [-0.4, -0.2) is 11.2 Å². The maximum absolute atomic E-state index is 10.6. The van der Waals surface area contributed by atoms with E-state index in [1.165, 1.54) is 44.9 Å². The SMILES string of the molecule is CCC1CCCCC1C(C)(C)C1CCC(C)CC1O. The highest BCUT2D eigenvalue weighted by Gasteiger charge is 2.45. The Kier molecular flexibility index (Phi) is 4.98. The smallest absolute Gasteiger partial charge is 0.0576 e. The maximum atomic E-state index is 10.6. The zero-order valence-corrected chi connectivity index (χ0v) is 13.5. The van der Waals surface area contributed by atoms with E-state index in [0.717, 1.165) is 24.2 Å². The lowest BCUT2D eigenvalue weighted by molar-refractivity contribution is -0.0605. The molecule has 19 heavy (non-hydrogen) atoms. The van der Waals surface area contributed by atoms with Gasteiger partial charge in [-0.3, -0.25) is 0 Å². The van der Waals surface area contributed by atoms with Gasteiger partial charge in [-0.15, -0.1) is 0 Å². The summed E-state index contributed by atoms with van der Waals surface area (Å²) in [6.45, 7) is 9.56. The Hall–Kier alpha value is -0.0400. The second kappa shape index (κ2) is 6.16. The first-order valence-electron chi connectivity index (χ1n) is 8.64. The molecule has 112 valence electrons. The third-order valence-corrected chi connectivity index (χ3v) is 6.42. The molecular formula is C18H34O. The first-order valence-corrected chi connectivity index (χ1v) is 8.64. The fraction of sp³-hybridized carbons (Fsp3) is 1.00. The molecule has 0 amide bonds. The highest BCUT2D eigenvalue weighted by Crippen LogP contribution is 2.51. The molecule has 0 spiro atoms. The molecule has 0 aromatic carbocycles. The monoisotopic (exact) mass is 266 g/mol. The van der Waals surface area contributed by atoms with Gasteiger partial charge in [0.1, 0.15) is 0 Å². The summed E-state index contributed by atoms with van der Waals surface area (Å²) in [5.74, 6) is 2.98. The largest absolute Gasteiger partial charge is 0.393 e. The normalized spacial score (nSPS) is 41.2. The average Bonchev–Trinajstić information content (AvgIpc) is 2.38. The number of aliphatic hydroxyl groups excluding tert-OH is 1. The molecule has 0 aliphatic heterocycles. The molecule has 5 unspecified atom stereocenters.